The lowest BCUT2D eigenvalue weighted by Gasteiger charge is -2.19. The quantitative estimate of drug-likeness (QED) is 0.542. The van der Waals surface area contributed by atoms with E-state index in [2.05, 4.69) is 20.8 Å². The van der Waals surface area contributed by atoms with E-state index < -0.39 is 0 Å². The summed E-state index contributed by atoms with van der Waals surface area (Å²) in [6.45, 7) is 7.29. The second-order valence-corrected chi connectivity index (χ2v) is 5.94. The van der Waals surface area contributed by atoms with Crippen molar-refractivity contribution in [3.8, 4) is 0 Å². The van der Waals surface area contributed by atoms with Crippen LogP contribution in [0.4, 0.5) is 0 Å². The molecule has 1 aliphatic rings. The highest BCUT2D eigenvalue weighted by Crippen LogP contribution is 2.28. The number of hydrogen-bond donors (Lipinski definition) is 0. The van der Waals surface area contributed by atoms with E-state index in [1.54, 1.807) is 0 Å². The second-order valence-electron chi connectivity index (χ2n) is 5.94. The van der Waals surface area contributed by atoms with Crippen molar-refractivity contribution < 1.29 is 0 Å². The Kier molecular flexibility index (Phi) is 6.36. The molecule has 3 atom stereocenters. The zero-order valence-electron chi connectivity index (χ0n) is 11.1. The standard InChI is InChI=1S/C15H30/c1-4-15-9-7-5-6-8-13(2)10-11-14(3)12-15/h13-15H,4-12H2,1-3H3. The zero-order chi connectivity index (χ0) is 11.1. The maximum absolute atomic E-state index is 2.47. The van der Waals surface area contributed by atoms with Crippen LogP contribution in [-0.4, -0.2) is 0 Å². The zero-order valence-corrected chi connectivity index (χ0v) is 11.1. The van der Waals surface area contributed by atoms with Crippen LogP contribution in [0.1, 0.15) is 78.6 Å². The summed E-state index contributed by atoms with van der Waals surface area (Å²) in [7, 11) is 0. The predicted molar refractivity (Wildman–Crippen MR) is 69.0 cm³/mol. The molecule has 0 aromatic carbocycles. The van der Waals surface area contributed by atoms with E-state index >= 15 is 0 Å². The summed E-state index contributed by atoms with van der Waals surface area (Å²) in [6.07, 6.45) is 13.2. The smallest absolute Gasteiger partial charge is 0.0414 e. The lowest BCUT2D eigenvalue weighted by molar-refractivity contribution is 0.328. The predicted octanol–water partition coefficient (Wildman–Crippen LogP) is 5.42. The molecule has 0 amide bonds. The van der Waals surface area contributed by atoms with Crippen LogP contribution in [0.15, 0.2) is 0 Å². The van der Waals surface area contributed by atoms with Gasteiger partial charge in [0.2, 0.25) is 0 Å². The molecule has 0 heteroatoms. The summed E-state index contributed by atoms with van der Waals surface area (Å²) >= 11 is 0. The van der Waals surface area contributed by atoms with Crippen molar-refractivity contribution in [2.45, 2.75) is 78.6 Å². The first kappa shape index (κ1) is 13.1. The maximum Gasteiger partial charge on any atom is -0.0414 e. The fraction of sp³-hybridized carbons (Fsp3) is 1.00. The minimum Gasteiger partial charge on any atom is -0.0651 e. The highest BCUT2D eigenvalue weighted by atomic mass is 14.2. The Morgan fingerprint density at radius 1 is 0.800 bits per heavy atom. The Morgan fingerprint density at radius 3 is 2.20 bits per heavy atom. The van der Waals surface area contributed by atoms with Gasteiger partial charge in [-0.1, -0.05) is 72.1 Å². The van der Waals surface area contributed by atoms with Gasteiger partial charge in [-0.25, -0.2) is 0 Å². The molecule has 0 aromatic rings. The molecule has 0 bridgehead atoms. The summed E-state index contributed by atoms with van der Waals surface area (Å²) < 4.78 is 0. The van der Waals surface area contributed by atoms with Crippen LogP contribution < -0.4 is 0 Å². The molecule has 0 radical (unpaired) electrons. The van der Waals surface area contributed by atoms with Gasteiger partial charge in [-0.3, -0.25) is 0 Å². The lowest BCUT2D eigenvalue weighted by atomic mass is 9.87. The molecule has 0 spiro atoms. The van der Waals surface area contributed by atoms with E-state index in [1.807, 2.05) is 0 Å². The van der Waals surface area contributed by atoms with E-state index in [0.717, 1.165) is 17.8 Å². The van der Waals surface area contributed by atoms with Gasteiger partial charge >= 0.3 is 0 Å². The molecule has 1 fully saturated rings. The molecule has 1 saturated carbocycles. The van der Waals surface area contributed by atoms with Crippen molar-refractivity contribution in [2.24, 2.45) is 17.8 Å². The van der Waals surface area contributed by atoms with E-state index in [-0.39, 0.29) is 0 Å². The van der Waals surface area contributed by atoms with E-state index in [1.165, 1.54) is 57.8 Å². The van der Waals surface area contributed by atoms with Crippen molar-refractivity contribution in [1.82, 2.24) is 0 Å². The third kappa shape index (κ3) is 5.58. The first-order valence-corrected chi connectivity index (χ1v) is 7.22. The molecule has 0 aliphatic heterocycles. The van der Waals surface area contributed by atoms with Gasteiger partial charge in [0, 0.05) is 0 Å². The van der Waals surface area contributed by atoms with Gasteiger partial charge in [-0.15, -0.1) is 0 Å². The largest absolute Gasteiger partial charge is 0.0651 e. The first-order chi connectivity index (χ1) is 7.22. The van der Waals surface area contributed by atoms with E-state index in [4.69, 9.17) is 0 Å². The molecule has 0 saturated heterocycles. The van der Waals surface area contributed by atoms with Gasteiger partial charge in [0.05, 0.1) is 0 Å². The minimum atomic E-state index is 0.968. The topological polar surface area (TPSA) is 0 Å². The van der Waals surface area contributed by atoms with Crippen LogP contribution in [0.3, 0.4) is 0 Å². The molecular formula is C15H30. The molecular weight excluding hydrogens is 180 g/mol. The van der Waals surface area contributed by atoms with Crippen LogP contribution >= 0.6 is 0 Å². The summed E-state index contributed by atoms with van der Waals surface area (Å²) in [6, 6.07) is 0. The number of hydrogen-bond acceptors (Lipinski definition) is 0. The molecule has 90 valence electrons. The Hall–Kier alpha value is 0. The van der Waals surface area contributed by atoms with Gasteiger partial charge < -0.3 is 0 Å². The number of rotatable bonds is 1. The molecule has 0 nitrogen and oxygen atoms in total. The molecule has 15 heavy (non-hydrogen) atoms. The van der Waals surface area contributed by atoms with Crippen molar-refractivity contribution >= 4 is 0 Å². The molecule has 1 aliphatic carbocycles. The van der Waals surface area contributed by atoms with Crippen molar-refractivity contribution in [3.63, 3.8) is 0 Å². The SMILES string of the molecule is CCC1CCCCCC(C)CCC(C)C1. The van der Waals surface area contributed by atoms with Crippen LogP contribution in [0.2, 0.25) is 0 Å². The van der Waals surface area contributed by atoms with Crippen LogP contribution in [-0.2, 0) is 0 Å². The molecule has 0 heterocycles. The molecule has 0 aromatic heterocycles. The Balaban J connectivity index is 2.38. The van der Waals surface area contributed by atoms with Gasteiger partial charge in [0.25, 0.3) is 0 Å². The monoisotopic (exact) mass is 210 g/mol. The molecule has 1 rings (SSSR count). The molecule has 0 N–H and O–H groups in total. The highest BCUT2D eigenvalue weighted by molar-refractivity contribution is 4.66. The second kappa shape index (κ2) is 7.30. The molecule has 3 unspecified atom stereocenters. The van der Waals surface area contributed by atoms with Gasteiger partial charge in [0.15, 0.2) is 0 Å². The normalized spacial score (nSPS) is 35.8. The van der Waals surface area contributed by atoms with Crippen LogP contribution in [0.5, 0.6) is 0 Å². The Labute approximate surface area is 96.8 Å². The van der Waals surface area contributed by atoms with Crippen molar-refractivity contribution in [1.29, 1.82) is 0 Å². The van der Waals surface area contributed by atoms with Crippen LogP contribution in [0.25, 0.3) is 0 Å². The van der Waals surface area contributed by atoms with Crippen LogP contribution in [0, 0.1) is 17.8 Å². The maximum atomic E-state index is 2.47. The van der Waals surface area contributed by atoms with E-state index in [9.17, 15) is 0 Å². The average molecular weight is 210 g/mol. The fourth-order valence-electron chi connectivity index (χ4n) is 2.99. The summed E-state index contributed by atoms with van der Waals surface area (Å²) in [5, 5.41) is 0. The van der Waals surface area contributed by atoms with Crippen molar-refractivity contribution in [2.75, 3.05) is 0 Å². The first-order valence-electron chi connectivity index (χ1n) is 7.22. The fourth-order valence-corrected chi connectivity index (χ4v) is 2.99. The third-order valence-electron chi connectivity index (χ3n) is 4.27. The summed E-state index contributed by atoms with van der Waals surface area (Å²) in [5.41, 5.74) is 0. The minimum absolute atomic E-state index is 0.968. The lowest BCUT2D eigenvalue weighted by Crippen LogP contribution is -2.06. The third-order valence-corrected chi connectivity index (χ3v) is 4.27. The van der Waals surface area contributed by atoms with Crippen molar-refractivity contribution in [3.05, 3.63) is 0 Å². The Morgan fingerprint density at radius 2 is 1.47 bits per heavy atom. The average Bonchev–Trinajstić information content (AvgIpc) is 2.26. The highest BCUT2D eigenvalue weighted by Gasteiger charge is 2.14. The van der Waals surface area contributed by atoms with Gasteiger partial charge in [0.1, 0.15) is 0 Å². The van der Waals surface area contributed by atoms with Gasteiger partial charge in [-0.2, -0.15) is 0 Å². The van der Waals surface area contributed by atoms with E-state index in [0.29, 0.717) is 0 Å². The summed E-state index contributed by atoms with van der Waals surface area (Å²) in [5.74, 6) is 2.97. The summed E-state index contributed by atoms with van der Waals surface area (Å²) in [4.78, 5) is 0. The Bertz CT molecular complexity index is 150. The van der Waals surface area contributed by atoms with Gasteiger partial charge in [-0.05, 0) is 24.2 Å².